The van der Waals surface area contributed by atoms with E-state index in [0.29, 0.717) is 6.79 Å². The van der Waals surface area contributed by atoms with Crippen LogP contribution in [-0.4, -0.2) is 25.0 Å². The fourth-order valence-corrected chi connectivity index (χ4v) is 2.96. The molecular formula is C16H21NO3. The van der Waals surface area contributed by atoms with E-state index in [2.05, 4.69) is 5.32 Å². The minimum Gasteiger partial charge on any atom is -0.487 e. The maximum absolute atomic E-state index is 6.29. The van der Waals surface area contributed by atoms with Gasteiger partial charge in [-0.05, 0) is 57.2 Å². The summed E-state index contributed by atoms with van der Waals surface area (Å²) in [4.78, 5) is 0. The number of fused-ring (bicyclic) bond motifs is 1. The Morgan fingerprint density at radius 1 is 1.20 bits per heavy atom. The normalized spacial score (nSPS) is 22.4. The van der Waals surface area contributed by atoms with E-state index < -0.39 is 0 Å². The molecule has 0 bridgehead atoms. The maximum atomic E-state index is 6.29. The van der Waals surface area contributed by atoms with Crippen LogP contribution in [0.25, 0.3) is 0 Å². The van der Waals surface area contributed by atoms with Crippen molar-refractivity contribution < 1.29 is 14.2 Å². The molecule has 3 aliphatic rings. The molecule has 0 atom stereocenters. The molecule has 1 N–H and O–H groups in total. The van der Waals surface area contributed by atoms with Gasteiger partial charge in [-0.3, -0.25) is 0 Å². The van der Waals surface area contributed by atoms with Gasteiger partial charge in [-0.15, -0.1) is 0 Å². The topological polar surface area (TPSA) is 39.7 Å². The summed E-state index contributed by atoms with van der Waals surface area (Å²) < 4.78 is 17.0. The van der Waals surface area contributed by atoms with Crippen LogP contribution >= 0.6 is 0 Å². The predicted octanol–water partition coefficient (Wildman–Crippen LogP) is 2.86. The average Bonchev–Trinajstić information content (AvgIpc) is 3.11. The van der Waals surface area contributed by atoms with Crippen LogP contribution in [0, 0.1) is 0 Å². The van der Waals surface area contributed by atoms with Gasteiger partial charge in [-0.1, -0.05) is 0 Å². The molecule has 2 aliphatic carbocycles. The molecule has 0 unspecified atom stereocenters. The second kappa shape index (κ2) is 4.85. The lowest BCUT2D eigenvalue weighted by molar-refractivity contribution is -0.0144. The van der Waals surface area contributed by atoms with E-state index in [1.807, 2.05) is 18.2 Å². The van der Waals surface area contributed by atoms with Gasteiger partial charge in [-0.2, -0.15) is 0 Å². The lowest BCUT2D eigenvalue weighted by Crippen LogP contribution is -2.45. The van der Waals surface area contributed by atoms with Crippen molar-refractivity contribution in [3.05, 3.63) is 18.2 Å². The van der Waals surface area contributed by atoms with Crippen LogP contribution in [-0.2, 0) is 0 Å². The van der Waals surface area contributed by atoms with Gasteiger partial charge in [0.05, 0.1) is 0 Å². The first-order valence-electron chi connectivity index (χ1n) is 7.65. The Hall–Kier alpha value is -1.42. The van der Waals surface area contributed by atoms with Gasteiger partial charge in [0.1, 0.15) is 11.4 Å². The third-order valence-electron chi connectivity index (χ3n) is 4.53. The smallest absolute Gasteiger partial charge is 0.231 e. The molecule has 0 saturated heterocycles. The molecule has 2 saturated carbocycles. The van der Waals surface area contributed by atoms with Crippen LogP contribution in [0.15, 0.2) is 18.2 Å². The zero-order chi connectivity index (χ0) is 13.4. The quantitative estimate of drug-likeness (QED) is 0.866. The van der Waals surface area contributed by atoms with E-state index in [-0.39, 0.29) is 5.60 Å². The van der Waals surface area contributed by atoms with Crippen LogP contribution in [0.1, 0.15) is 38.5 Å². The van der Waals surface area contributed by atoms with Crippen LogP contribution in [0.4, 0.5) is 0 Å². The van der Waals surface area contributed by atoms with Crippen LogP contribution in [0.2, 0.25) is 0 Å². The van der Waals surface area contributed by atoms with Crippen molar-refractivity contribution in [1.29, 1.82) is 0 Å². The molecule has 108 valence electrons. The fourth-order valence-electron chi connectivity index (χ4n) is 2.96. The monoisotopic (exact) mass is 275 g/mol. The molecule has 4 heteroatoms. The molecule has 0 amide bonds. The predicted molar refractivity (Wildman–Crippen MR) is 75.4 cm³/mol. The highest BCUT2D eigenvalue weighted by atomic mass is 16.7. The third kappa shape index (κ3) is 2.44. The third-order valence-corrected chi connectivity index (χ3v) is 4.53. The molecule has 4 rings (SSSR count). The lowest BCUT2D eigenvalue weighted by atomic mass is 9.77. The molecule has 0 spiro atoms. The Labute approximate surface area is 119 Å². The first kappa shape index (κ1) is 12.3. The Morgan fingerprint density at radius 3 is 2.80 bits per heavy atom. The molecule has 1 aromatic rings. The van der Waals surface area contributed by atoms with E-state index >= 15 is 0 Å². The first-order valence-corrected chi connectivity index (χ1v) is 7.65. The van der Waals surface area contributed by atoms with Gasteiger partial charge < -0.3 is 19.5 Å². The average molecular weight is 275 g/mol. The van der Waals surface area contributed by atoms with Crippen molar-refractivity contribution in [3.63, 3.8) is 0 Å². The van der Waals surface area contributed by atoms with Crippen molar-refractivity contribution in [3.8, 4) is 17.2 Å². The highest BCUT2D eigenvalue weighted by Crippen LogP contribution is 2.42. The Balaban J connectivity index is 1.40. The number of benzene rings is 1. The van der Waals surface area contributed by atoms with E-state index in [1.54, 1.807) is 0 Å². The van der Waals surface area contributed by atoms with Crippen molar-refractivity contribution >= 4 is 0 Å². The molecule has 2 fully saturated rings. The summed E-state index contributed by atoms with van der Waals surface area (Å²) in [6.07, 6.45) is 7.37. The Bertz CT molecular complexity index is 494. The van der Waals surface area contributed by atoms with Crippen LogP contribution < -0.4 is 19.5 Å². The summed E-state index contributed by atoms with van der Waals surface area (Å²) >= 11 is 0. The van der Waals surface area contributed by atoms with Gasteiger partial charge >= 0.3 is 0 Å². The molecule has 4 nitrogen and oxygen atoms in total. The van der Waals surface area contributed by atoms with Gasteiger partial charge in [-0.25, -0.2) is 0 Å². The van der Waals surface area contributed by atoms with Crippen LogP contribution in [0.3, 0.4) is 0 Å². The number of hydrogen-bond acceptors (Lipinski definition) is 4. The zero-order valence-electron chi connectivity index (χ0n) is 11.7. The summed E-state index contributed by atoms with van der Waals surface area (Å²) in [5.41, 5.74) is 0.0373. The van der Waals surface area contributed by atoms with Gasteiger partial charge in [0.15, 0.2) is 11.5 Å². The number of hydrogen-bond donors (Lipinski definition) is 1. The van der Waals surface area contributed by atoms with Crippen molar-refractivity contribution in [2.24, 2.45) is 0 Å². The zero-order valence-corrected chi connectivity index (χ0v) is 11.7. The summed E-state index contributed by atoms with van der Waals surface area (Å²) in [6, 6.07) is 6.66. The summed E-state index contributed by atoms with van der Waals surface area (Å²) in [5.74, 6) is 2.52. The maximum Gasteiger partial charge on any atom is 0.231 e. The summed E-state index contributed by atoms with van der Waals surface area (Å²) in [5, 5.41) is 3.58. The Kier molecular flexibility index (Phi) is 2.99. The second-order valence-electron chi connectivity index (χ2n) is 6.13. The number of ether oxygens (including phenoxy) is 3. The standard InChI is InChI=1S/C16H21NO3/c1-6-16(7-1,8-9-17-12-2-3-12)20-13-4-5-14-15(10-13)19-11-18-14/h4-5,10,12,17H,1-3,6-9,11H2. The number of nitrogens with one attached hydrogen (secondary N) is 1. The molecular weight excluding hydrogens is 254 g/mol. The van der Waals surface area contributed by atoms with Crippen LogP contribution in [0.5, 0.6) is 17.2 Å². The van der Waals surface area contributed by atoms with E-state index in [9.17, 15) is 0 Å². The Morgan fingerprint density at radius 2 is 2.05 bits per heavy atom. The highest BCUT2D eigenvalue weighted by molar-refractivity contribution is 5.47. The minimum absolute atomic E-state index is 0.0373. The first-order chi connectivity index (χ1) is 9.83. The lowest BCUT2D eigenvalue weighted by Gasteiger charge is -2.42. The van der Waals surface area contributed by atoms with E-state index in [0.717, 1.165) is 49.1 Å². The fraction of sp³-hybridized carbons (Fsp3) is 0.625. The molecule has 1 aliphatic heterocycles. The van der Waals surface area contributed by atoms with Gasteiger partial charge in [0, 0.05) is 12.1 Å². The van der Waals surface area contributed by atoms with Gasteiger partial charge in [0.25, 0.3) is 0 Å². The van der Waals surface area contributed by atoms with E-state index in [4.69, 9.17) is 14.2 Å². The number of rotatable bonds is 6. The largest absolute Gasteiger partial charge is 0.487 e. The summed E-state index contributed by atoms with van der Waals surface area (Å²) in [7, 11) is 0. The molecule has 0 aromatic heterocycles. The molecule has 1 aromatic carbocycles. The molecule has 1 heterocycles. The second-order valence-corrected chi connectivity index (χ2v) is 6.13. The molecule has 0 radical (unpaired) electrons. The molecule has 20 heavy (non-hydrogen) atoms. The van der Waals surface area contributed by atoms with Crippen molar-refractivity contribution in [1.82, 2.24) is 5.32 Å². The van der Waals surface area contributed by atoms with Gasteiger partial charge in [0.2, 0.25) is 6.79 Å². The van der Waals surface area contributed by atoms with Crippen molar-refractivity contribution in [2.75, 3.05) is 13.3 Å². The van der Waals surface area contributed by atoms with E-state index in [1.165, 1.54) is 19.3 Å². The summed E-state index contributed by atoms with van der Waals surface area (Å²) in [6.45, 7) is 1.38. The minimum atomic E-state index is 0.0373. The highest BCUT2D eigenvalue weighted by Gasteiger charge is 2.39. The van der Waals surface area contributed by atoms with Crippen molar-refractivity contribution in [2.45, 2.75) is 50.2 Å². The SMILES string of the molecule is c1cc2c(cc1OC1(CCNC3CC3)CCC1)OCO2.